The molecule has 150 valence electrons. The number of nitrogens with zero attached hydrogens (tertiary/aromatic N) is 3. The van der Waals surface area contributed by atoms with Gasteiger partial charge in [-0.25, -0.2) is 8.42 Å². The van der Waals surface area contributed by atoms with E-state index in [0.717, 1.165) is 41.1 Å². The molecule has 1 aromatic heterocycles. The maximum Gasteiger partial charge on any atom is 0.183 e. The number of benzene rings is 2. The van der Waals surface area contributed by atoms with Gasteiger partial charge in [-0.1, -0.05) is 18.2 Å². The molecule has 0 N–H and O–H groups in total. The zero-order valence-electron chi connectivity index (χ0n) is 16.4. The first-order chi connectivity index (χ1) is 14.0. The van der Waals surface area contributed by atoms with E-state index in [1.54, 1.807) is 17.9 Å². The van der Waals surface area contributed by atoms with Crippen LogP contribution < -0.4 is 4.74 Å². The Balaban J connectivity index is 1.45. The number of likely N-dealkylation sites (tertiary alicyclic amines) is 1. The maximum absolute atomic E-state index is 13.2. The summed E-state index contributed by atoms with van der Waals surface area (Å²) in [5, 5.41) is 3.87. The van der Waals surface area contributed by atoms with E-state index in [2.05, 4.69) is 16.1 Å². The number of ether oxygens (including phenoxy) is 1. The molecule has 2 atom stereocenters. The standard InChI is InChI=1S/C22H23N3O3S/c1-24-12-17(10-23-24)16-6-7-21-19(9-16)20-13-25(14-22(20)29(21,26)27)11-15-4-3-5-18(8-15)28-2/h3-10,12,20,22H,11,13-14H2,1-2H3/t20-,22-/m1/s1. The lowest BCUT2D eigenvalue weighted by Crippen LogP contribution is -2.25. The minimum atomic E-state index is -3.30. The number of hydrogen-bond acceptors (Lipinski definition) is 5. The summed E-state index contributed by atoms with van der Waals surface area (Å²) in [5.74, 6) is 0.832. The molecule has 1 saturated heterocycles. The first-order valence-corrected chi connectivity index (χ1v) is 11.2. The van der Waals surface area contributed by atoms with Crippen molar-refractivity contribution in [3.63, 3.8) is 0 Å². The first-order valence-electron chi connectivity index (χ1n) is 9.68. The second-order valence-corrected chi connectivity index (χ2v) is 10.0. The van der Waals surface area contributed by atoms with Crippen molar-refractivity contribution in [2.45, 2.75) is 22.6 Å². The Morgan fingerprint density at radius 3 is 2.76 bits per heavy atom. The fourth-order valence-electron chi connectivity index (χ4n) is 4.63. The van der Waals surface area contributed by atoms with Crippen LogP contribution in [0.2, 0.25) is 0 Å². The van der Waals surface area contributed by atoms with E-state index in [9.17, 15) is 8.42 Å². The van der Waals surface area contributed by atoms with Gasteiger partial charge in [0.25, 0.3) is 0 Å². The second-order valence-electron chi connectivity index (χ2n) is 7.89. The van der Waals surface area contributed by atoms with Gasteiger partial charge in [0.1, 0.15) is 5.75 Å². The van der Waals surface area contributed by atoms with Crippen molar-refractivity contribution in [1.29, 1.82) is 0 Å². The smallest absolute Gasteiger partial charge is 0.183 e. The van der Waals surface area contributed by atoms with Gasteiger partial charge < -0.3 is 4.74 Å². The minimum absolute atomic E-state index is 0.0113. The molecule has 2 aromatic carbocycles. The van der Waals surface area contributed by atoms with Crippen LogP contribution in [0.3, 0.4) is 0 Å². The van der Waals surface area contributed by atoms with Crippen molar-refractivity contribution >= 4 is 9.84 Å². The van der Waals surface area contributed by atoms with E-state index in [0.29, 0.717) is 11.4 Å². The molecule has 1 fully saturated rings. The largest absolute Gasteiger partial charge is 0.497 e. The van der Waals surface area contributed by atoms with Crippen LogP contribution in [0, 0.1) is 0 Å². The third-order valence-electron chi connectivity index (χ3n) is 6.03. The fraction of sp³-hybridized carbons (Fsp3) is 0.318. The molecule has 0 saturated carbocycles. The molecule has 6 nitrogen and oxygen atoms in total. The van der Waals surface area contributed by atoms with Gasteiger partial charge in [0, 0.05) is 44.4 Å². The second kappa shape index (κ2) is 6.71. The van der Waals surface area contributed by atoms with Gasteiger partial charge in [-0.05, 0) is 41.0 Å². The molecule has 0 amide bonds. The summed E-state index contributed by atoms with van der Waals surface area (Å²) < 4.78 is 33.4. The van der Waals surface area contributed by atoms with E-state index < -0.39 is 9.84 Å². The predicted molar refractivity (Wildman–Crippen MR) is 111 cm³/mol. The van der Waals surface area contributed by atoms with E-state index in [-0.39, 0.29) is 11.2 Å². The SMILES string of the molecule is COc1cccc(CN2C[C@@H]3c4cc(-c5cnn(C)c5)ccc4S(=O)(=O)[C@@H]3C2)c1. The summed E-state index contributed by atoms with van der Waals surface area (Å²) >= 11 is 0. The number of fused-ring (bicyclic) bond motifs is 3. The van der Waals surface area contributed by atoms with Crippen molar-refractivity contribution in [2.75, 3.05) is 20.2 Å². The quantitative estimate of drug-likeness (QED) is 0.663. The Labute approximate surface area is 170 Å². The third-order valence-corrected chi connectivity index (χ3v) is 8.29. The van der Waals surface area contributed by atoms with Crippen LogP contribution in [0.25, 0.3) is 11.1 Å². The van der Waals surface area contributed by atoms with Crippen molar-refractivity contribution in [1.82, 2.24) is 14.7 Å². The molecule has 2 aliphatic rings. The maximum atomic E-state index is 13.2. The van der Waals surface area contributed by atoms with Gasteiger partial charge in [0.2, 0.25) is 0 Å². The molecule has 0 unspecified atom stereocenters. The number of aromatic nitrogens is 2. The minimum Gasteiger partial charge on any atom is -0.497 e. The predicted octanol–water partition coefficient (Wildman–Crippen LogP) is 2.85. The Morgan fingerprint density at radius 1 is 1.14 bits per heavy atom. The summed E-state index contributed by atoms with van der Waals surface area (Å²) in [6.07, 6.45) is 3.76. The number of aryl methyl sites for hydroxylation is 1. The van der Waals surface area contributed by atoms with Crippen molar-refractivity contribution in [2.24, 2.45) is 7.05 Å². The number of sulfone groups is 1. The molecule has 7 heteroatoms. The fourth-order valence-corrected chi connectivity index (χ4v) is 6.83. The Hall–Kier alpha value is -2.64. The molecule has 0 aliphatic carbocycles. The molecule has 0 bridgehead atoms. The molecular weight excluding hydrogens is 386 g/mol. The Bertz CT molecular complexity index is 1190. The summed E-state index contributed by atoms with van der Waals surface area (Å²) in [4.78, 5) is 2.74. The average molecular weight is 410 g/mol. The van der Waals surface area contributed by atoms with Crippen LogP contribution >= 0.6 is 0 Å². The van der Waals surface area contributed by atoms with E-state index in [4.69, 9.17) is 4.74 Å². The highest BCUT2D eigenvalue weighted by molar-refractivity contribution is 7.92. The lowest BCUT2D eigenvalue weighted by atomic mass is 9.95. The Kier molecular flexibility index (Phi) is 4.26. The van der Waals surface area contributed by atoms with Crippen molar-refractivity contribution in [3.8, 4) is 16.9 Å². The highest BCUT2D eigenvalue weighted by Crippen LogP contribution is 2.46. The van der Waals surface area contributed by atoms with Gasteiger partial charge in [-0.15, -0.1) is 0 Å². The van der Waals surface area contributed by atoms with E-state index >= 15 is 0 Å². The topological polar surface area (TPSA) is 64.4 Å². The number of methoxy groups -OCH3 is 1. The Morgan fingerprint density at radius 2 is 2.00 bits per heavy atom. The van der Waals surface area contributed by atoms with Crippen molar-refractivity contribution in [3.05, 3.63) is 66.0 Å². The van der Waals surface area contributed by atoms with E-state index in [1.807, 2.05) is 49.8 Å². The van der Waals surface area contributed by atoms with Crippen LogP contribution in [0.4, 0.5) is 0 Å². The van der Waals surface area contributed by atoms with Crippen LogP contribution in [0.1, 0.15) is 17.0 Å². The monoisotopic (exact) mass is 409 g/mol. The molecule has 3 aromatic rings. The molecular formula is C22H23N3O3S. The number of hydrogen-bond donors (Lipinski definition) is 0. The van der Waals surface area contributed by atoms with Crippen LogP contribution in [0.5, 0.6) is 5.75 Å². The third kappa shape index (κ3) is 3.05. The van der Waals surface area contributed by atoms with Crippen molar-refractivity contribution < 1.29 is 13.2 Å². The molecule has 3 heterocycles. The number of rotatable bonds is 4. The molecule has 0 radical (unpaired) electrons. The highest BCUT2D eigenvalue weighted by atomic mass is 32.2. The molecule has 5 rings (SSSR count). The normalized spacial score (nSPS) is 22.4. The highest BCUT2D eigenvalue weighted by Gasteiger charge is 2.50. The van der Waals surface area contributed by atoms with Gasteiger partial charge >= 0.3 is 0 Å². The summed E-state index contributed by atoms with van der Waals surface area (Å²) in [6.45, 7) is 2.02. The van der Waals surface area contributed by atoms with Crippen LogP contribution in [-0.2, 0) is 23.4 Å². The zero-order chi connectivity index (χ0) is 20.2. The summed E-state index contributed by atoms with van der Waals surface area (Å²) in [7, 11) is 0.233. The average Bonchev–Trinajstić information content (AvgIpc) is 3.38. The first kappa shape index (κ1) is 18.4. The van der Waals surface area contributed by atoms with Gasteiger partial charge in [-0.2, -0.15) is 5.10 Å². The zero-order valence-corrected chi connectivity index (χ0v) is 17.3. The van der Waals surface area contributed by atoms with Crippen LogP contribution in [0.15, 0.2) is 59.8 Å². The summed E-state index contributed by atoms with van der Waals surface area (Å²) in [6, 6.07) is 13.7. The lowest BCUT2D eigenvalue weighted by molar-refractivity contribution is 0.324. The van der Waals surface area contributed by atoms with Gasteiger partial charge in [0.05, 0.1) is 23.5 Å². The van der Waals surface area contributed by atoms with Gasteiger partial charge in [-0.3, -0.25) is 9.58 Å². The van der Waals surface area contributed by atoms with E-state index in [1.165, 1.54) is 0 Å². The van der Waals surface area contributed by atoms with Crippen LogP contribution in [-0.4, -0.2) is 48.5 Å². The summed E-state index contributed by atoms with van der Waals surface area (Å²) in [5.41, 5.74) is 4.09. The molecule has 0 spiro atoms. The molecule has 2 aliphatic heterocycles. The molecule has 29 heavy (non-hydrogen) atoms. The lowest BCUT2D eigenvalue weighted by Gasteiger charge is -2.18. The van der Waals surface area contributed by atoms with Gasteiger partial charge in [0.15, 0.2) is 9.84 Å².